The van der Waals surface area contributed by atoms with Gasteiger partial charge in [-0.2, -0.15) is 8.42 Å². The van der Waals surface area contributed by atoms with Crippen molar-refractivity contribution >= 4 is 38.8 Å². The Kier molecular flexibility index (Phi) is 6.62. The van der Waals surface area contributed by atoms with Crippen LogP contribution in [0, 0.1) is 18.8 Å². The van der Waals surface area contributed by atoms with Crippen LogP contribution in [-0.4, -0.2) is 37.4 Å². The van der Waals surface area contributed by atoms with Gasteiger partial charge in [0.1, 0.15) is 5.75 Å². The van der Waals surface area contributed by atoms with E-state index in [0.29, 0.717) is 16.1 Å². The van der Waals surface area contributed by atoms with E-state index in [9.17, 15) is 18.0 Å². The van der Waals surface area contributed by atoms with Crippen molar-refractivity contribution in [2.45, 2.75) is 18.9 Å². The van der Waals surface area contributed by atoms with Crippen LogP contribution in [0.4, 0.5) is 5.69 Å². The molecule has 0 fully saturated rings. The van der Waals surface area contributed by atoms with Crippen LogP contribution in [0.15, 0.2) is 46.8 Å². The van der Waals surface area contributed by atoms with Gasteiger partial charge in [0.25, 0.3) is 10.0 Å². The normalized spacial score (nSPS) is 10.7. The number of anilines is 1. The molecule has 10 heteroatoms. The van der Waals surface area contributed by atoms with Gasteiger partial charge in [-0.05, 0) is 61.7 Å². The topological polar surface area (TPSA) is 123 Å². The average Bonchev–Trinajstić information content (AvgIpc) is 3.22. The highest BCUT2D eigenvalue weighted by atomic mass is 32.2. The minimum Gasteiger partial charge on any atom is -0.495 e. The zero-order chi connectivity index (χ0) is 23.5. The molecule has 0 unspecified atom stereocenters. The lowest BCUT2D eigenvalue weighted by molar-refractivity contribution is 0.0696. The number of nitrogens with zero attached hydrogens (tertiary/aromatic N) is 1. The highest BCUT2D eigenvalue weighted by molar-refractivity contribution is 7.92. The number of aromatic carboxylic acids is 1. The number of nitrogens with one attached hydrogen (secondary N) is 1. The number of sulfonamides is 1. The lowest BCUT2D eigenvalue weighted by atomic mass is 10.0. The van der Waals surface area contributed by atoms with E-state index in [-0.39, 0.29) is 27.8 Å². The molecular weight excluding hydrogens is 452 g/mol. The SMILES string of the molecule is COc1cc(C(=O)O)ccc1NS(=O)(=O)c1csc(C#Cc2ccc(C(C)=O)c(C)c2)n1. The van der Waals surface area contributed by atoms with Crippen LogP contribution < -0.4 is 9.46 Å². The number of ketones is 1. The fourth-order valence-corrected chi connectivity index (χ4v) is 4.82. The number of aromatic nitrogens is 1. The third kappa shape index (κ3) is 5.14. The van der Waals surface area contributed by atoms with Gasteiger partial charge in [0.05, 0.1) is 18.4 Å². The van der Waals surface area contributed by atoms with Crippen molar-refractivity contribution in [2.75, 3.05) is 11.8 Å². The summed E-state index contributed by atoms with van der Waals surface area (Å²) in [4.78, 5) is 26.7. The summed E-state index contributed by atoms with van der Waals surface area (Å²) in [5.41, 5.74) is 2.14. The van der Waals surface area contributed by atoms with Crippen LogP contribution in [0.5, 0.6) is 5.75 Å². The first-order valence-corrected chi connectivity index (χ1v) is 11.5. The second-order valence-corrected chi connectivity index (χ2v) is 9.14. The molecule has 0 saturated carbocycles. The van der Waals surface area contributed by atoms with E-state index in [2.05, 4.69) is 21.5 Å². The predicted octanol–water partition coefficient (Wildman–Crippen LogP) is 3.56. The first-order chi connectivity index (χ1) is 15.1. The van der Waals surface area contributed by atoms with Crippen LogP contribution in [-0.2, 0) is 10.0 Å². The molecule has 0 amide bonds. The van der Waals surface area contributed by atoms with Crippen molar-refractivity contribution in [1.29, 1.82) is 0 Å². The van der Waals surface area contributed by atoms with Gasteiger partial charge in [0, 0.05) is 16.5 Å². The Bertz CT molecular complexity index is 1380. The lowest BCUT2D eigenvalue weighted by Gasteiger charge is -2.11. The first kappa shape index (κ1) is 23.0. The number of carboxylic acid groups (broad SMARTS) is 1. The van der Waals surface area contributed by atoms with Gasteiger partial charge in [0.2, 0.25) is 0 Å². The number of Topliss-reactive ketones (excluding diaryl/α,β-unsaturated/α-hetero) is 1. The molecular formula is C22H18N2O6S2. The Labute approximate surface area is 189 Å². The number of aryl methyl sites for hydroxylation is 1. The quantitative estimate of drug-likeness (QED) is 0.417. The molecule has 2 aromatic carbocycles. The molecule has 1 aromatic heterocycles. The molecule has 3 aromatic rings. The molecule has 0 aliphatic heterocycles. The molecule has 0 saturated heterocycles. The largest absolute Gasteiger partial charge is 0.495 e. The Morgan fingerprint density at radius 1 is 1.16 bits per heavy atom. The minimum atomic E-state index is -4.05. The molecule has 1 heterocycles. The number of methoxy groups -OCH3 is 1. The van der Waals surface area contributed by atoms with Crippen LogP contribution in [0.25, 0.3) is 0 Å². The van der Waals surface area contributed by atoms with Crippen LogP contribution >= 0.6 is 11.3 Å². The van der Waals surface area contributed by atoms with E-state index >= 15 is 0 Å². The Balaban J connectivity index is 1.83. The summed E-state index contributed by atoms with van der Waals surface area (Å²) in [5, 5.41) is 10.5. The van der Waals surface area contributed by atoms with Gasteiger partial charge in [0.15, 0.2) is 15.8 Å². The minimum absolute atomic E-state index is 0.0292. The monoisotopic (exact) mass is 470 g/mol. The number of hydrogen-bond acceptors (Lipinski definition) is 7. The summed E-state index contributed by atoms with van der Waals surface area (Å²) < 4.78 is 32.8. The van der Waals surface area contributed by atoms with Gasteiger partial charge in [-0.1, -0.05) is 5.92 Å². The lowest BCUT2D eigenvalue weighted by Crippen LogP contribution is -2.14. The van der Waals surface area contributed by atoms with Crippen molar-refractivity contribution in [1.82, 2.24) is 4.98 Å². The van der Waals surface area contributed by atoms with Gasteiger partial charge in [-0.15, -0.1) is 11.3 Å². The fraction of sp³-hybridized carbons (Fsp3) is 0.136. The van der Waals surface area contributed by atoms with Gasteiger partial charge >= 0.3 is 5.97 Å². The number of ether oxygens (including phenoxy) is 1. The summed E-state index contributed by atoms with van der Waals surface area (Å²) >= 11 is 1.07. The highest BCUT2D eigenvalue weighted by Gasteiger charge is 2.20. The summed E-state index contributed by atoms with van der Waals surface area (Å²) in [6, 6.07) is 8.99. The number of carboxylic acids is 1. The maximum atomic E-state index is 12.7. The Morgan fingerprint density at radius 3 is 2.53 bits per heavy atom. The molecule has 0 spiro atoms. The Hall–Kier alpha value is -3.68. The molecule has 0 radical (unpaired) electrons. The summed E-state index contributed by atoms with van der Waals surface area (Å²) in [6.07, 6.45) is 0. The average molecular weight is 471 g/mol. The molecule has 8 nitrogen and oxygen atoms in total. The van der Waals surface area contributed by atoms with Crippen LogP contribution in [0.2, 0.25) is 0 Å². The standard InChI is InChI=1S/C22H18N2O6S2/c1-13-10-15(4-7-17(13)14(2)25)5-9-20-23-21(12-31-20)32(28,29)24-18-8-6-16(22(26)27)11-19(18)30-3/h4,6-8,10-12,24H,1-3H3,(H,26,27). The molecule has 0 bridgehead atoms. The second-order valence-electron chi connectivity index (χ2n) is 6.65. The van der Waals surface area contributed by atoms with Gasteiger partial charge in [-0.25, -0.2) is 9.78 Å². The van der Waals surface area contributed by atoms with Crippen molar-refractivity contribution in [3.8, 4) is 17.6 Å². The van der Waals surface area contributed by atoms with Gasteiger partial charge in [-0.3, -0.25) is 9.52 Å². The van der Waals surface area contributed by atoms with Crippen molar-refractivity contribution in [3.63, 3.8) is 0 Å². The molecule has 164 valence electrons. The molecule has 32 heavy (non-hydrogen) atoms. The first-order valence-electron chi connectivity index (χ1n) is 9.14. The molecule has 3 rings (SSSR count). The van der Waals surface area contributed by atoms with Crippen molar-refractivity contribution < 1.29 is 27.9 Å². The number of carbonyl (C=O) groups excluding carboxylic acids is 1. The summed E-state index contributed by atoms with van der Waals surface area (Å²) in [7, 11) is -2.74. The van der Waals surface area contributed by atoms with Crippen LogP contribution in [0.1, 0.15) is 43.8 Å². The molecule has 0 atom stereocenters. The third-order valence-corrected chi connectivity index (χ3v) is 6.53. The third-order valence-electron chi connectivity index (χ3n) is 4.37. The number of benzene rings is 2. The zero-order valence-corrected chi connectivity index (χ0v) is 18.9. The Morgan fingerprint density at radius 2 is 1.91 bits per heavy atom. The number of carbonyl (C=O) groups is 2. The smallest absolute Gasteiger partial charge is 0.335 e. The summed E-state index contributed by atoms with van der Waals surface area (Å²) in [6.45, 7) is 3.31. The zero-order valence-electron chi connectivity index (χ0n) is 17.3. The molecule has 2 N–H and O–H groups in total. The highest BCUT2D eigenvalue weighted by Crippen LogP contribution is 2.28. The van der Waals surface area contributed by atoms with E-state index in [1.54, 1.807) is 18.2 Å². The maximum absolute atomic E-state index is 12.7. The fourth-order valence-electron chi connectivity index (χ4n) is 2.81. The second kappa shape index (κ2) is 9.21. The van der Waals surface area contributed by atoms with E-state index in [1.165, 1.54) is 37.6 Å². The van der Waals surface area contributed by atoms with E-state index in [0.717, 1.165) is 16.9 Å². The predicted molar refractivity (Wildman–Crippen MR) is 120 cm³/mol. The number of thiazole rings is 1. The molecule has 0 aliphatic rings. The number of rotatable bonds is 6. The van der Waals surface area contributed by atoms with Gasteiger partial charge < -0.3 is 9.84 Å². The summed E-state index contributed by atoms with van der Waals surface area (Å²) in [5.74, 6) is 4.61. The van der Waals surface area contributed by atoms with Crippen molar-refractivity contribution in [3.05, 3.63) is 69.0 Å². The van der Waals surface area contributed by atoms with E-state index < -0.39 is 16.0 Å². The molecule has 0 aliphatic carbocycles. The van der Waals surface area contributed by atoms with Crippen LogP contribution in [0.3, 0.4) is 0 Å². The van der Waals surface area contributed by atoms with E-state index in [4.69, 9.17) is 9.84 Å². The maximum Gasteiger partial charge on any atom is 0.335 e. The van der Waals surface area contributed by atoms with Crippen molar-refractivity contribution in [2.24, 2.45) is 0 Å². The van der Waals surface area contributed by atoms with E-state index in [1.807, 2.05) is 6.92 Å². The number of hydrogen-bond donors (Lipinski definition) is 2.